The molecule has 4 rings (SSSR count). The molecule has 2 aromatic rings. The lowest BCUT2D eigenvalue weighted by molar-refractivity contribution is 0.0759. The number of hydrogen-bond donors (Lipinski definition) is 0. The van der Waals surface area contributed by atoms with Gasteiger partial charge in [-0.05, 0) is 24.5 Å². The molecule has 0 spiro atoms. The number of ether oxygens (including phenoxy) is 1. The van der Waals surface area contributed by atoms with Crippen LogP contribution in [0.3, 0.4) is 0 Å². The first-order valence-electron chi connectivity index (χ1n) is 7.88. The number of rotatable bonds is 2. The predicted octanol–water partition coefficient (Wildman–Crippen LogP) is 3.74. The molecular formula is C17H18N2O2S2. The molecule has 1 atom stereocenters. The second-order valence-electron chi connectivity index (χ2n) is 5.75. The lowest BCUT2D eigenvalue weighted by Gasteiger charge is -2.19. The zero-order valence-corrected chi connectivity index (χ0v) is 14.4. The maximum absolute atomic E-state index is 12.8. The van der Waals surface area contributed by atoms with Crippen molar-refractivity contribution in [3.8, 4) is 0 Å². The van der Waals surface area contributed by atoms with Gasteiger partial charge in [0, 0.05) is 30.3 Å². The average molecular weight is 346 g/mol. The molecule has 0 bridgehead atoms. The van der Waals surface area contributed by atoms with Crippen molar-refractivity contribution in [2.75, 3.05) is 18.9 Å². The molecule has 0 aliphatic carbocycles. The fraction of sp³-hybridized carbons (Fsp3) is 0.412. The van der Waals surface area contributed by atoms with E-state index in [-0.39, 0.29) is 12.0 Å². The summed E-state index contributed by atoms with van der Waals surface area (Å²) in [6.45, 7) is 2.24. The minimum absolute atomic E-state index is 0.0852. The fourth-order valence-corrected chi connectivity index (χ4v) is 4.96. The maximum atomic E-state index is 12.8. The van der Waals surface area contributed by atoms with E-state index in [1.165, 1.54) is 21.8 Å². The summed E-state index contributed by atoms with van der Waals surface area (Å²) in [5.74, 6) is 1.02. The van der Waals surface area contributed by atoms with E-state index in [4.69, 9.17) is 4.74 Å². The summed E-state index contributed by atoms with van der Waals surface area (Å²) in [6, 6.07) is 8.34. The van der Waals surface area contributed by atoms with Gasteiger partial charge < -0.3 is 9.64 Å². The summed E-state index contributed by atoms with van der Waals surface area (Å²) in [6.07, 6.45) is 3.89. The molecule has 0 N–H and O–H groups in total. The Kier molecular flexibility index (Phi) is 4.37. The van der Waals surface area contributed by atoms with Crippen molar-refractivity contribution in [3.05, 3.63) is 45.9 Å². The normalized spacial score (nSPS) is 21.0. The highest BCUT2D eigenvalue weighted by Crippen LogP contribution is 2.33. The van der Waals surface area contributed by atoms with Gasteiger partial charge in [-0.3, -0.25) is 4.79 Å². The van der Waals surface area contributed by atoms with E-state index < -0.39 is 0 Å². The van der Waals surface area contributed by atoms with Crippen molar-refractivity contribution in [2.45, 2.75) is 30.4 Å². The van der Waals surface area contributed by atoms with E-state index in [9.17, 15) is 4.79 Å². The number of thiazole rings is 1. The predicted molar refractivity (Wildman–Crippen MR) is 91.9 cm³/mol. The number of aromatic nitrogens is 1. The zero-order chi connectivity index (χ0) is 15.6. The fourth-order valence-electron chi connectivity index (χ4n) is 2.96. The molecular weight excluding hydrogens is 328 g/mol. The van der Waals surface area contributed by atoms with Crippen LogP contribution in [0.15, 0.2) is 35.4 Å². The van der Waals surface area contributed by atoms with Gasteiger partial charge in [0.15, 0.2) is 0 Å². The van der Waals surface area contributed by atoms with Gasteiger partial charge in [0.2, 0.25) is 0 Å². The summed E-state index contributed by atoms with van der Waals surface area (Å²) < 4.78 is 5.66. The molecule has 23 heavy (non-hydrogen) atoms. The van der Waals surface area contributed by atoms with E-state index in [1.54, 1.807) is 6.20 Å². The van der Waals surface area contributed by atoms with Gasteiger partial charge >= 0.3 is 0 Å². The van der Waals surface area contributed by atoms with Gasteiger partial charge in [0.25, 0.3) is 5.91 Å². The van der Waals surface area contributed by atoms with Crippen molar-refractivity contribution in [1.29, 1.82) is 0 Å². The molecule has 1 aromatic heterocycles. The lowest BCUT2D eigenvalue weighted by atomic mass is 10.2. The van der Waals surface area contributed by atoms with Crippen molar-refractivity contribution in [3.63, 3.8) is 0 Å². The standard InChI is InChI=1S/C17H18N2O2S2/c20-17(15-10-18-16(23-15)13-5-3-8-21-13)19-7-9-22-14-6-2-1-4-12(14)11-19/h1-2,4,6,10,13H,3,5,7-9,11H2/t13-/m0/s1. The Morgan fingerprint density at radius 1 is 1.35 bits per heavy atom. The van der Waals surface area contributed by atoms with Crippen LogP contribution in [0, 0.1) is 0 Å². The molecule has 1 fully saturated rings. The SMILES string of the molecule is O=C(c1cnc([C@@H]2CCCO2)s1)N1CCSc2ccccc2C1. The maximum Gasteiger partial charge on any atom is 0.265 e. The molecule has 1 amide bonds. The summed E-state index contributed by atoms with van der Waals surface area (Å²) in [4.78, 5) is 21.2. The molecule has 1 aromatic carbocycles. The number of carbonyl (C=O) groups is 1. The Bertz CT molecular complexity index is 710. The van der Waals surface area contributed by atoms with Crippen LogP contribution in [0.5, 0.6) is 0 Å². The summed E-state index contributed by atoms with van der Waals surface area (Å²) in [5, 5.41) is 0.940. The van der Waals surface area contributed by atoms with Crippen LogP contribution in [0.2, 0.25) is 0 Å². The minimum atomic E-state index is 0.0852. The summed E-state index contributed by atoms with van der Waals surface area (Å²) >= 11 is 3.31. The molecule has 0 saturated carbocycles. The van der Waals surface area contributed by atoms with Crippen LogP contribution in [0.1, 0.15) is 39.2 Å². The van der Waals surface area contributed by atoms with E-state index in [0.29, 0.717) is 6.54 Å². The molecule has 1 saturated heterocycles. The Morgan fingerprint density at radius 3 is 3.13 bits per heavy atom. The van der Waals surface area contributed by atoms with Crippen LogP contribution in [0.25, 0.3) is 0 Å². The third-order valence-electron chi connectivity index (χ3n) is 4.18. The third-order valence-corrected chi connectivity index (χ3v) is 6.35. The first kappa shape index (κ1) is 15.2. The van der Waals surface area contributed by atoms with Crippen LogP contribution in [0.4, 0.5) is 0 Å². The van der Waals surface area contributed by atoms with Crippen LogP contribution >= 0.6 is 23.1 Å². The number of nitrogens with zero attached hydrogens (tertiary/aromatic N) is 2. The van der Waals surface area contributed by atoms with Gasteiger partial charge in [-0.15, -0.1) is 23.1 Å². The van der Waals surface area contributed by atoms with Gasteiger partial charge in [0.1, 0.15) is 16.0 Å². The number of carbonyl (C=O) groups excluding carboxylic acids is 1. The Morgan fingerprint density at radius 2 is 2.26 bits per heavy atom. The van der Waals surface area contributed by atoms with Crippen molar-refractivity contribution in [2.24, 2.45) is 0 Å². The van der Waals surface area contributed by atoms with Crippen molar-refractivity contribution in [1.82, 2.24) is 9.88 Å². The highest BCUT2D eigenvalue weighted by atomic mass is 32.2. The number of amides is 1. The van der Waals surface area contributed by atoms with Crippen molar-refractivity contribution < 1.29 is 9.53 Å². The van der Waals surface area contributed by atoms with Crippen molar-refractivity contribution >= 4 is 29.0 Å². The summed E-state index contributed by atoms with van der Waals surface area (Å²) in [7, 11) is 0. The zero-order valence-electron chi connectivity index (χ0n) is 12.7. The molecule has 2 aliphatic rings. The molecule has 0 unspecified atom stereocenters. The Hall–Kier alpha value is -1.37. The summed E-state index contributed by atoms with van der Waals surface area (Å²) in [5.41, 5.74) is 1.23. The van der Waals surface area contributed by atoms with Gasteiger partial charge in [-0.2, -0.15) is 0 Å². The first-order chi connectivity index (χ1) is 11.3. The number of benzene rings is 1. The molecule has 2 aliphatic heterocycles. The Balaban J connectivity index is 1.52. The van der Waals surface area contributed by atoms with Gasteiger partial charge in [-0.1, -0.05) is 18.2 Å². The average Bonchev–Trinajstić information content (AvgIpc) is 3.21. The van der Waals surface area contributed by atoms with E-state index in [1.807, 2.05) is 22.7 Å². The van der Waals surface area contributed by atoms with Crippen LogP contribution in [-0.2, 0) is 11.3 Å². The number of fused-ring (bicyclic) bond motifs is 1. The van der Waals surface area contributed by atoms with Gasteiger partial charge in [-0.25, -0.2) is 4.98 Å². The van der Waals surface area contributed by atoms with E-state index in [0.717, 1.165) is 41.6 Å². The molecule has 0 radical (unpaired) electrons. The molecule has 3 heterocycles. The minimum Gasteiger partial charge on any atom is -0.371 e. The van der Waals surface area contributed by atoms with Gasteiger partial charge in [0.05, 0.1) is 6.20 Å². The molecule has 120 valence electrons. The van der Waals surface area contributed by atoms with Crippen LogP contribution in [-0.4, -0.2) is 34.7 Å². The lowest BCUT2D eigenvalue weighted by Crippen LogP contribution is -2.31. The quantitative estimate of drug-likeness (QED) is 0.831. The van der Waals surface area contributed by atoms with E-state index >= 15 is 0 Å². The smallest absolute Gasteiger partial charge is 0.265 e. The second-order valence-corrected chi connectivity index (χ2v) is 7.95. The number of hydrogen-bond acceptors (Lipinski definition) is 5. The number of thioether (sulfide) groups is 1. The topological polar surface area (TPSA) is 42.4 Å². The Labute approximate surface area is 143 Å². The largest absolute Gasteiger partial charge is 0.371 e. The monoisotopic (exact) mass is 346 g/mol. The van der Waals surface area contributed by atoms with E-state index in [2.05, 4.69) is 23.2 Å². The first-order valence-corrected chi connectivity index (χ1v) is 9.69. The third kappa shape index (κ3) is 3.16. The second kappa shape index (κ2) is 6.63. The molecule has 6 heteroatoms. The van der Waals surface area contributed by atoms with Crippen LogP contribution < -0.4 is 0 Å². The molecule has 4 nitrogen and oxygen atoms in total. The highest BCUT2D eigenvalue weighted by Gasteiger charge is 2.25. The highest BCUT2D eigenvalue weighted by molar-refractivity contribution is 7.99.